The van der Waals surface area contributed by atoms with E-state index in [1.54, 1.807) is 16.8 Å². The highest BCUT2D eigenvalue weighted by atomic mass is 35.5. The molecule has 2 aromatic rings. The van der Waals surface area contributed by atoms with Crippen LogP contribution in [0.5, 0.6) is 0 Å². The Hall–Kier alpha value is -1.92. The van der Waals surface area contributed by atoms with E-state index >= 15 is 0 Å². The van der Waals surface area contributed by atoms with Crippen LogP contribution in [0.4, 0.5) is 4.39 Å². The molecule has 0 bridgehead atoms. The lowest BCUT2D eigenvalue weighted by Crippen LogP contribution is -2.52. The van der Waals surface area contributed by atoms with Crippen LogP contribution in [0.3, 0.4) is 0 Å². The first kappa shape index (κ1) is 18.4. The Morgan fingerprint density at radius 3 is 2.58 bits per heavy atom. The molecule has 0 spiro atoms. The van der Waals surface area contributed by atoms with Gasteiger partial charge in [0.05, 0.1) is 16.9 Å². The third-order valence-corrected chi connectivity index (χ3v) is 4.35. The van der Waals surface area contributed by atoms with E-state index in [4.69, 9.17) is 5.73 Å². The minimum Gasteiger partial charge on any atom is -0.354 e. The van der Waals surface area contributed by atoms with Crippen molar-refractivity contribution < 1.29 is 9.18 Å². The van der Waals surface area contributed by atoms with E-state index in [0.29, 0.717) is 13.0 Å². The summed E-state index contributed by atoms with van der Waals surface area (Å²) in [5, 5.41) is 7.34. The van der Waals surface area contributed by atoms with Gasteiger partial charge in [-0.25, -0.2) is 9.07 Å². The van der Waals surface area contributed by atoms with Gasteiger partial charge in [0.2, 0.25) is 5.91 Å². The van der Waals surface area contributed by atoms with Gasteiger partial charge in [-0.3, -0.25) is 4.79 Å². The van der Waals surface area contributed by atoms with Crippen molar-refractivity contribution in [2.75, 3.05) is 6.54 Å². The molecule has 1 aromatic heterocycles. The Kier molecular flexibility index (Phi) is 5.96. The van der Waals surface area contributed by atoms with E-state index in [1.807, 2.05) is 12.3 Å². The van der Waals surface area contributed by atoms with Gasteiger partial charge in [-0.1, -0.05) is 12.8 Å². The molecule has 0 aliphatic heterocycles. The van der Waals surface area contributed by atoms with Crippen molar-refractivity contribution in [3.63, 3.8) is 0 Å². The van der Waals surface area contributed by atoms with Crippen LogP contribution in [0.15, 0.2) is 36.5 Å². The average Bonchev–Trinajstić information content (AvgIpc) is 3.18. The maximum Gasteiger partial charge on any atom is 0.240 e. The first-order valence-electron chi connectivity index (χ1n) is 7.94. The van der Waals surface area contributed by atoms with Crippen LogP contribution in [0.25, 0.3) is 5.69 Å². The molecular formula is C17H22ClFN4O. The van der Waals surface area contributed by atoms with Crippen LogP contribution < -0.4 is 11.1 Å². The fraction of sp³-hybridized carbons (Fsp3) is 0.412. The second kappa shape index (κ2) is 7.77. The molecule has 1 aliphatic carbocycles. The fourth-order valence-corrected chi connectivity index (χ4v) is 2.95. The van der Waals surface area contributed by atoms with E-state index in [1.165, 1.54) is 12.1 Å². The van der Waals surface area contributed by atoms with Gasteiger partial charge in [0, 0.05) is 19.2 Å². The van der Waals surface area contributed by atoms with Gasteiger partial charge < -0.3 is 11.1 Å². The number of benzene rings is 1. The first-order chi connectivity index (χ1) is 11.1. The van der Waals surface area contributed by atoms with Crippen molar-refractivity contribution in [2.24, 2.45) is 5.73 Å². The Bertz CT molecular complexity index is 680. The van der Waals surface area contributed by atoms with Crippen molar-refractivity contribution in [3.05, 3.63) is 48.0 Å². The minimum atomic E-state index is -0.687. The average molecular weight is 353 g/mol. The Balaban J connectivity index is 0.00000208. The number of carbonyl (C=O) groups excluding carboxylic acids is 1. The number of nitrogens with two attached hydrogens (primary N) is 1. The van der Waals surface area contributed by atoms with Crippen LogP contribution in [0.1, 0.15) is 31.4 Å². The van der Waals surface area contributed by atoms with E-state index in [9.17, 15) is 9.18 Å². The van der Waals surface area contributed by atoms with Gasteiger partial charge in [-0.15, -0.1) is 12.4 Å². The molecule has 3 N–H and O–H groups in total. The molecule has 5 nitrogen and oxygen atoms in total. The molecule has 1 aliphatic rings. The molecule has 24 heavy (non-hydrogen) atoms. The van der Waals surface area contributed by atoms with Gasteiger partial charge in [0.25, 0.3) is 0 Å². The Morgan fingerprint density at radius 1 is 1.25 bits per heavy atom. The fourth-order valence-electron chi connectivity index (χ4n) is 2.95. The summed E-state index contributed by atoms with van der Waals surface area (Å²) in [6, 6.07) is 8.04. The van der Waals surface area contributed by atoms with E-state index < -0.39 is 5.54 Å². The third kappa shape index (κ3) is 4.13. The quantitative estimate of drug-likeness (QED) is 0.867. The molecular weight excluding hydrogens is 331 g/mol. The number of carbonyl (C=O) groups is 1. The number of nitrogens with zero attached hydrogens (tertiary/aromatic N) is 2. The summed E-state index contributed by atoms with van der Waals surface area (Å²) in [5.41, 5.74) is 7.09. The summed E-state index contributed by atoms with van der Waals surface area (Å²) < 4.78 is 14.6. The number of aromatic nitrogens is 2. The molecule has 1 heterocycles. The van der Waals surface area contributed by atoms with E-state index in [0.717, 1.165) is 37.1 Å². The Morgan fingerprint density at radius 2 is 1.92 bits per heavy atom. The SMILES string of the molecule is Cl.NC1(C(=O)NCCc2ccn(-c3ccc(F)cc3)n2)CCCC1. The van der Waals surface area contributed by atoms with Gasteiger partial charge in [0.15, 0.2) is 0 Å². The second-order valence-corrected chi connectivity index (χ2v) is 6.10. The number of halogens is 2. The van der Waals surface area contributed by atoms with Crippen LogP contribution in [-0.4, -0.2) is 27.8 Å². The molecule has 1 amide bonds. The van der Waals surface area contributed by atoms with Gasteiger partial charge >= 0.3 is 0 Å². The number of nitrogens with one attached hydrogen (secondary N) is 1. The monoisotopic (exact) mass is 352 g/mol. The van der Waals surface area contributed by atoms with Gasteiger partial charge in [-0.05, 0) is 43.2 Å². The summed E-state index contributed by atoms with van der Waals surface area (Å²) in [6.07, 6.45) is 6.02. The molecule has 7 heteroatoms. The van der Waals surface area contributed by atoms with Crippen LogP contribution in [0.2, 0.25) is 0 Å². The smallest absolute Gasteiger partial charge is 0.240 e. The summed E-state index contributed by atoms with van der Waals surface area (Å²) in [6.45, 7) is 0.512. The highest BCUT2D eigenvalue weighted by molar-refractivity contribution is 5.86. The maximum atomic E-state index is 12.9. The van der Waals surface area contributed by atoms with Crippen LogP contribution in [0, 0.1) is 5.82 Å². The van der Waals surface area contributed by atoms with Gasteiger partial charge in [-0.2, -0.15) is 5.10 Å². The zero-order valence-electron chi connectivity index (χ0n) is 13.4. The maximum absolute atomic E-state index is 12.9. The van der Waals surface area contributed by atoms with Gasteiger partial charge in [0.1, 0.15) is 5.82 Å². The van der Waals surface area contributed by atoms with Crippen molar-refractivity contribution in [1.82, 2.24) is 15.1 Å². The standard InChI is InChI=1S/C17H21FN4O.ClH/c18-13-3-5-15(6-4-13)22-12-8-14(21-22)7-11-20-16(23)17(19)9-1-2-10-17;/h3-6,8,12H,1-2,7,9-11,19H2,(H,20,23);1H. The largest absolute Gasteiger partial charge is 0.354 e. The first-order valence-corrected chi connectivity index (χ1v) is 7.94. The second-order valence-electron chi connectivity index (χ2n) is 6.10. The number of hydrogen-bond donors (Lipinski definition) is 2. The molecule has 0 atom stereocenters. The molecule has 0 unspecified atom stereocenters. The molecule has 3 rings (SSSR count). The van der Waals surface area contributed by atoms with Crippen LogP contribution >= 0.6 is 12.4 Å². The predicted molar refractivity (Wildman–Crippen MR) is 92.9 cm³/mol. The summed E-state index contributed by atoms with van der Waals surface area (Å²) >= 11 is 0. The summed E-state index contributed by atoms with van der Waals surface area (Å²) in [4.78, 5) is 12.1. The molecule has 0 saturated heterocycles. The third-order valence-electron chi connectivity index (χ3n) is 4.35. The Labute approximate surface area is 146 Å². The summed E-state index contributed by atoms with van der Waals surface area (Å²) in [5.74, 6) is -0.334. The minimum absolute atomic E-state index is 0. The van der Waals surface area contributed by atoms with Crippen molar-refractivity contribution in [2.45, 2.75) is 37.6 Å². The highest BCUT2D eigenvalue weighted by Gasteiger charge is 2.36. The molecule has 130 valence electrons. The van der Waals surface area contributed by atoms with Crippen molar-refractivity contribution >= 4 is 18.3 Å². The number of hydrogen-bond acceptors (Lipinski definition) is 3. The van der Waals surface area contributed by atoms with E-state index in [2.05, 4.69) is 10.4 Å². The topological polar surface area (TPSA) is 72.9 Å². The van der Waals surface area contributed by atoms with Crippen molar-refractivity contribution in [3.8, 4) is 5.69 Å². The highest BCUT2D eigenvalue weighted by Crippen LogP contribution is 2.27. The lowest BCUT2D eigenvalue weighted by atomic mass is 9.98. The van der Waals surface area contributed by atoms with Crippen LogP contribution in [-0.2, 0) is 11.2 Å². The number of amides is 1. The molecule has 1 saturated carbocycles. The normalized spacial score (nSPS) is 15.8. The lowest BCUT2D eigenvalue weighted by molar-refractivity contribution is -0.126. The molecule has 0 radical (unpaired) electrons. The predicted octanol–water partition coefficient (Wildman–Crippen LogP) is 2.36. The lowest BCUT2D eigenvalue weighted by Gasteiger charge is -2.22. The van der Waals surface area contributed by atoms with Crippen molar-refractivity contribution in [1.29, 1.82) is 0 Å². The molecule has 1 fully saturated rings. The summed E-state index contributed by atoms with van der Waals surface area (Å²) in [7, 11) is 0. The molecule has 1 aromatic carbocycles. The zero-order chi connectivity index (χ0) is 16.3. The zero-order valence-corrected chi connectivity index (χ0v) is 14.2. The number of rotatable bonds is 5. The van der Waals surface area contributed by atoms with E-state index in [-0.39, 0.29) is 24.1 Å².